The third-order valence-electron chi connectivity index (χ3n) is 2.27. The van der Waals surface area contributed by atoms with Crippen LogP contribution in [0.3, 0.4) is 0 Å². The van der Waals surface area contributed by atoms with E-state index in [1.807, 2.05) is 0 Å². The Kier molecular flexibility index (Phi) is 5.13. The summed E-state index contributed by atoms with van der Waals surface area (Å²) in [6.07, 6.45) is 0. The van der Waals surface area contributed by atoms with E-state index in [4.69, 9.17) is 5.11 Å². The van der Waals surface area contributed by atoms with Gasteiger partial charge in [0.15, 0.2) is 0 Å². The summed E-state index contributed by atoms with van der Waals surface area (Å²) in [5, 5.41) is 8.99. The van der Waals surface area contributed by atoms with Crippen LogP contribution in [0.5, 0.6) is 0 Å². The van der Waals surface area contributed by atoms with Crippen LogP contribution in [0.1, 0.15) is 34.6 Å². The molecule has 0 aromatic rings. The van der Waals surface area contributed by atoms with Crippen LogP contribution in [0.4, 0.5) is 0 Å². The fourth-order valence-corrected chi connectivity index (χ4v) is 1.45. The van der Waals surface area contributed by atoms with Crippen LogP contribution in [0, 0.1) is 11.3 Å². The molecule has 0 amide bonds. The van der Waals surface area contributed by atoms with Crippen molar-refractivity contribution in [1.82, 2.24) is 4.90 Å². The van der Waals surface area contributed by atoms with Gasteiger partial charge in [-0.1, -0.05) is 20.8 Å². The maximum absolute atomic E-state index is 10.9. The molecular weight excluding hydrogens is 178 g/mol. The first-order valence-electron chi connectivity index (χ1n) is 5.25. The molecule has 0 atom stereocenters. The Labute approximate surface area is 87.1 Å². The predicted octanol–water partition coefficient (Wildman–Crippen LogP) is 2.08. The molecule has 0 bridgehead atoms. The average molecular weight is 201 g/mol. The second kappa shape index (κ2) is 5.35. The molecule has 3 nitrogen and oxygen atoms in total. The highest BCUT2D eigenvalue weighted by Crippen LogP contribution is 2.17. The summed E-state index contributed by atoms with van der Waals surface area (Å²) in [5.41, 5.74) is -0.648. The van der Waals surface area contributed by atoms with E-state index >= 15 is 0 Å². The molecule has 0 aliphatic rings. The summed E-state index contributed by atoms with van der Waals surface area (Å²) in [5.74, 6) is -0.140. The lowest BCUT2D eigenvalue weighted by Crippen LogP contribution is -2.40. The number of hydrogen-bond donors (Lipinski definition) is 1. The Balaban J connectivity index is 4.23. The Morgan fingerprint density at radius 2 is 1.93 bits per heavy atom. The number of rotatable bonds is 6. The molecular formula is C11H23NO2. The second-order valence-corrected chi connectivity index (χ2v) is 4.91. The molecule has 0 spiro atoms. The lowest BCUT2D eigenvalue weighted by Gasteiger charge is -2.29. The van der Waals surface area contributed by atoms with E-state index < -0.39 is 11.4 Å². The summed E-state index contributed by atoms with van der Waals surface area (Å²) < 4.78 is 0. The molecule has 0 unspecified atom stereocenters. The molecule has 0 saturated heterocycles. The van der Waals surface area contributed by atoms with E-state index in [-0.39, 0.29) is 0 Å². The topological polar surface area (TPSA) is 40.5 Å². The average Bonchev–Trinajstić information content (AvgIpc) is 2.01. The normalized spacial score (nSPS) is 12.5. The zero-order valence-electron chi connectivity index (χ0n) is 10.0. The second-order valence-electron chi connectivity index (χ2n) is 4.91. The van der Waals surface area contributed by atoms with Gasteiger partial charge in [-0.15, -0.1) is 0 Å². The molecule has 0 aliphatic carbocycles. The van der Waals surface area contributed by atoms with Crippen molar-refractivity contribution >= 4 is 5.97 Å². The van der Waals surface area contributed by atoms with Crippen molar-refractivity contribution in [3.05, 3.63) is 0 Å². The third-order valence-corrected chi connectivity index (χ3v) is 2.27. The van der Waals surface area contributed by atoms with Gasteiger partial charge in [-0.2, -0.15) is 0 Å². The largest absolute Gasteiger partial charge is 0.481 e. The van der Waals surface area contributed by atoms with Gasteiger partial charge >= 0.3 is 5.97 Å². The fourth-order valence-electron chi connectivity index (χ4n) is 1.45. The molecule has 0 rings (SSSR count). The van der Waals surface area contributed by atoms with Gasteiger partial charge in [0.1, 0.15) is 0 Å². The first-order chi connectivity index (χ1) is 6.29. The SMILES string of the molecule is CCN(CC(C)C)CC(C)(C)C(=O)O. The van der Waals surface area contributed by atoms with Crippen molar-refractivity contribution < 1.29 is 9.90 Å². The maximum atomic E-state index is 10.9. The number of carboxylic acids is 1. The Morgan fingerprint density at radius 3 is 2.21 bits per heavy atom. The highest BCUT2D eigenvalue weighted by atomic mass is 16.4. The van der Waals surface area contributed by atoms with Gasteiger partial charge in [0.05, 0.1) is 5.41 Å². The fraction of sp³-hybridized carbons (Fsp3) is 0.909. The van der Waals surface area contributed by atoms with E-state index in [1.165, 1.54) is 0 Å². The van der Waals surface area contributed by atoms with Crippen LogP contribution in [-0.2, 0) is 4.79 Å². The Morgan fingerprint density at radius 1 is 1.43 bits per heavy atom. The van der Waals surface area contributed by atoms with Gasteiger partial charge < -0.3 is 10.0 Å². The number of carbonyl (C=O) groups is 1. The van der Waals surface area contributed by atoms with Gasteiger partial charge in [-0.05, 0) is 26.3 Å². The van der Waals surface area contributed by atoms with E-state index in [2.05, 4.69) is 25.7 Å². The van der Waals surface area contributed by atoms with Gasteiger partial charge in [-0.3, -0.25) is 4.79 Å². The van der Waals surface area contributed by atoms with Gasteiger partial charge in [0.2, 0.25) is 0 Å². The molecule has 3 heteroatoms. The minimum atomic E-state index is -0.722. The molecule has 0 saturated carbocycles. The molecule has 0 radical (unpaired) electrons. The Hall–Kier alpha value is -0.570. The van der Waals surface area contributed by atoms with E-state index in [9.17, 15) is 4.79 Å². The molecule has 0 aromatic heterocycles. The predicted molar refractivity (Wildman–Crippen MR) is 58.4 cm³/mol. The summed E-state index contributed by atoms with van der Waals surface area (Å²) in [4.78, 5) is 13.1. The first-order valence-corrected chi connectivity index (χ1v) is 5.25. The number of hydrogen-bond acceptors (Lipinski definition) is 2. The first kappa shape index (κ1) is 13.4. The number of aliphatic carboxylic acids is 1. The zero-order chi connectivity index (χ0) is 11.4. The van der Waals surface area contributed by atoms with Crippen LogP contribution in [0.15, 0.2) is 0 Å². The van der Waals surface area contributed by atoms with Gasteiger partial charge in [-0.25, -0.2) is 0 Å². The van der Waals surface area contributed by atoms with Crippen molar-refractivity contribution in [2.24, 2.45) is 11.3 Å². The summed E-state index contributed by atoms with van der Waals surface area (Å²) >= 11 is 0. The highest BCUT2D eigenvalue weighted by Gasteiger charge is 2.29. The van der Waals surface area contributed by atoms with Crippen LogP contribution in [0.2, 0.25) is 0 Å². The lowest BCUT2D eigenvalue weighted by molar-refractivity contribution is -0.148. The monoisotopic (exact) mass is 201 g/mol. The third kappa shape index (κ3) is 4.61. The van der Waals surface area contributed by atoms with Crippen LogP contribution in [-0.4, -0.2) is 35.6 Å². The van der Waals surface area contributed by atoms with E-state index in [0.717, 1.165) is 13.1 Å². The van der Waals surface area contributed by atoms with Crippen LogP contribution >= 0.6 is 0 Å². The minimum Gasteiger partial charge on any atom is -0.481 e. The number of carboxylic acid groups (broad SMARTS) is 1. The quantitative estimate of drug-likeness (QED) is 0.715. The van der Waals surface area contributed by atoms with Crippen molar-refractivity contribution in [1.29, 1.82) is 0 Å². The Bertz CT molecular complexity index is 188. The summed E-state index contributed by atoms with van der Waals surface area (Å²) in [6.45, 7) is 12.4. The van der Waals surface area contributed by atoms with Crippen molar-refractivity contribution in [3.63, 3.8) is 0 Å². The highest BCUT2D eigenvalue weighted by molar-refractivity contribution is 5.73. The van der Waals surface area contributed by atoms with Gasteiger partial charge in [0.25, 0.3) is 0 Å². The zero-order valence-corrected chi connectivity index (χ0v) is 10.0. The van der Waals surface area contributed by atoms with Crippen molar-refractivity contribution in [2.75, 3.05) is 19.6 Å². The molecule has 0 heterocycles. The molecule has 1 N–H and O–H groups in total. The molecule has 0 fully saturated rings. The lowest BCUT2D eigenvalue weighted by atomic mass is 9.93. The molecule has 0 aliphatic heterocycles. The molecule has 84 valence electrons. The van der Waals surface area contributed by atoms with Gasteiger partial charge in [0, 0.05) is 13.1 Å². The standard InChI is InChI=1S/C11H23NO2/c1-6-12(7-9(2)3)8-11(4,5)10(13)14/h9H,6-8H2,1-5H3,(H,13,14). The van der Waals surface area contributed by atoms with Crippen LogP contribution in [0.25, 0.3) is 0 Å². The molecule has 14 heavy (non-hydrogen) atoms. The van der Waals surface area contributed by atoms with Crippen LogP contribution < -0.4 is 0 Å². The van der Waals surface area contributed by atoms with E-state index in [0.29, 0.717) is 12.5 Å². The van der Waals surface area contributed by atoms with E-state index in [1.54, 1.807) is 13.8 Å². The summed E-state index contributed by atoms with van der Waals surface area (Å²) in [6, 6.07) is 0. The molecule has 0 aromatic carbocycles. The minimum absolute atomic E-state index is 0.583. The van der Waals surface area contributed by atoms with Crippen molar-refractivity contribution in [3.8, 4) is 0 Å². The number of nitrogens with zero attached hydrogens (tertiary/aromatic N) is 1. The smallest absolute Gasteiger partial charge is 0.310 e. The van der Waals surface area contributed by atoms with Crippen molar-refractivity contribution in [2.45, 2.75) is 34.6 Å². The maximum Gasteiger partial charge on any atom is 0.310 e. The summed E-state index contributed by atoms with van der Waals surface area (Å²) in [7, 11) is 0.